The van der Waals surface area contributed by atoms with Crippen molar-refractivity contribution in [2.45, 2.75) is 6.92 Å². The van der Waals surface area contributed by atoms with Crippen LogP contribution in [0.1, 0.15) is 12.5 Å². The van der Waals surface area contributed by atoms with Crippen molar-refractivity contribution < 1.29 is 18.7 Å². The molecule has 0 unspecified atom stereocenters. The molecule has 0 aliphatic carbocycles. The van der Waals surface area contributed by atoms with Gasteiger partial charge in [0.15, 0.2) is 0 Å². The summed E-state index contributed by atoms with van der Waals surface area (Å²) < 4.78 is 23.9. The quantitative estimate of drug-likeness (QED) is 0.650. The van der Waals surface area contributed by atoms with Crippen LogP contribution in [0.25, 0.3) is 5.57 Å². The SMILES string of the molecule is CCOC(=O)/C(=C\Nc1ccccc1F)c1cccc(OC)c1. The first-order valence-corrected chi connectivity index (χ1v) is 7.18. The van der Waals surface area contributed by atoms with Crippen LogP contribution < -0.4 is 10.1 Å². The second kappa shape index (κ2) is 7.98. The number of ether oxygens (including phenoxy) is 2. The topological polar surface area (TPSA) is 47.6 Å². The van der Waals surface area contributed by atoms with Gasteiger partial charge in [-0.2, -0.15) is 0 Å². The number of esters is 1. The lowest BCUT2D eigenvalue weighted by Gasteiger charge is -2.10. The highest BCUT2D eigenvalue weighted by atomic mass is 19.1. The van der Waals surface area contributed by atoms with E-state index in [1.807, 2.05) is 0 Å². The molecule has 0 fully saturated rings. The molecule has 1 N–H and O–H groups in total. The predicted molar refractivity (Wildman–Crippen MR) is 87.6 cm³/mol. The lowest BCUT2D eigenvalue weighted by molar-refractivity contribution is -0.136. The minimum Gasteiger partial charge on any atom is -0.497 e. The van der Waals surface area contributed by atoms with Crippen molar-refractivity contribution >= 4 is 17.2 Å². The molecule has 0 aliphatic heterocycles. The summed E-state index contributed by atoms with van der Waals surface area (Å²) in [5.74, 6) is -0.286. The van der Waals surface area contributed by atoms with Gasteiger partial charge in [0.2, 0.25) is 0 Å². The van der Waals surface area contributed by atoms with E-state index in [1.165, 1.54) is 12.3 Å². The molecule has 4 nitrogen and oxygen atoms in total. The van der Waals surface area contributed by atoms with E-state index in [0.717, 1.165) is 0 Å². The molecule has 2 aromatic carbocycles. The van der Waals surface area contributed by atoms with Crippen molar-refractivity contribution in [1.29, 1.82) is 0 Å². The van der Waals surface area contributed by atoms with Crippen molar-refractivity contribution in [3.8, 4) is 5.75 Å². The van der Waals surface area contributed by atoms with Gasteiger partial charge in [-0.3, -0.25) is 0 Å². The van der Waals surface area contributed by atoms with Gasteiger partial charge in [0, 0.05) is 6.20 Å². The number of anilines is 1. The van der Waals surface area contributed by atoms with Gasteiger partial charge < -0.3 is 14.8 Å². The fraction of sp³-hybridized carbons (Fsp3) is 0.167. The standard InChI is InChI=1S/C18H18FNO3/c1-3-23-18(21)15(13-7-6-8-14(11-13)22-2)12-20-17-10-5-4-9-16(17)19/h4-12,20H,3H2,1-2H3/b15-12-. The van der Waals surface area contributed by atoms with Gasteiger partial charge in [-0.15, -0.1) is 0 Å². The minimum atomic E-state index is -0.496. The van der Waals surface area contributed by atoms with Crippen LogP contribution >= 0.6 is 0 Å². The number of carbonyl (C=O) groups excluding carboxylic acids is 1. The smallest absolute Gasteiger partial charge is 0.340 e. The molecule has 0 saturated carbocycles. The van der Waals surface area contributed by atoms with Gasteiger partial charge >= 0.3 is 5.97 Å². The van der Waals surface area contributed by atoms with Crippen molar-refractivity contribution in [2.75, 3.05) is 19.0 Å². The summed E-state index contributed by atoms with van der Waals surface area (Å²) in [7, 11) is 1.55. The summed E-state index contributed by atoms with van der Waals surface area (Å²) in [6.07, 6.45) is 1.44. The first kappa shape index (κ1) is 16.5. The highest BCUT2D eigenvalue weighted by Gasteiger charge is 2.14. The average molecular weight is 315 g/mol. The van der Waals surface area contributed by atoms with Crippen LogP contribution in [-0.2, 0) is 9.53 Å². The molecule has 2 aromatic rings. The summed E-state index contributed by atoms with van der Waals surface area (Å²) in [5, 5.41) is 2.81. The molecule has 0 spiro atoms. The zero-order valence-corrected chi connectivity index (χ0v) is 13.0. The highest BCUT2D eigenvalue weighted by Crippen LogP contribution is 2.22. The Morgan fingerprint density at radius 3 is 2.70 bits per heavy atom. The Kier molecular flexibility index (Phi) is 5.74. The van der Waals surface area contributed by atoms with E-state index in [-0.39, 0.29) is 17.9 Å². The Labute approximate surface area is 134 Å². The summed E-state index contributed by atoms with van der Waals surface area (Å²) >= 11 is 0. The number of para-hydroxylation sites is 1. The number of benzene rings is 2. The van der Waals surface area contributed by atoms with E-state index in [4.69, 9.17) is 9.47 Å². The van der Waals surface area contributed by atoms with Crippen molar-refractivity contribution in [3.63, 3.8) is 0 Å². The van der Waals surface area contributed by atoms with Crippen LogP contribution in [0.2, 0.25) is 0 Å². The zero-order chi connectivity index (χ0) is 16.7. The van der Waals surface area contributed by atoms with Gasteiger partial charge in [-0.05, 0) is 36.8 Å². The van der Waals surface area contributed by atoms with Crippen LogP contribution in [0.4, 0.5) is 10.1 Å². The average Bonchev–Trinajstić information content (AvgIpc) is 2.57. The third kappa shape index (κ3) is 4.32. The largest absolute Gasteiger partial charge is 0.497 e. The Balaban J connectivity index is 2.35. The molecule has 0 amide bonds. The molecular formula is C18H18FNO3. The first-order chi connectivity index (χ1) is 11.2. The van der Waals surface area contributed by atoms with E-state index < -0.39 is 11.8 Å². The summed E-state index contributed by atoms with van der Waals surface area (Å²) in [5.41, 5.74) is 1.18. The first-order valence-electron chi connectivity index (χ1n) is 7.18. The van der Waals surface area contributed by atoms with E-state index in [9.17, 15) is 9.18 Å². The maximum Gasteiger partial charge on any atom is 0.340 e. The van der Waals surface area contributed by atoms with Crippen molar-refractivity contribution in [3.05, 3.63) is 66.1 Å². The lowest BCUT2D eigenvalue weighted by atomic mass is 10.1. The molecular weight excluding hydrogens is 297 g/mol. The summed E-state index contributed by atoms with van der Waals surface area (Å²) in [4.78, 5) is 12.2. The number of carbonyl (C=O) groups is 1. The maximum atomic E-state index is 13.7. The monoisotopic (exact) mass is 315 g/mol. The summed E-state index contributed by atoms with van der Waals surface area (Å²) in [6.45, 7) is 1.98. The van der Waals surface area contributed by atoms with E-state index in [0.29, 0.717) is 11.3 Å². The fourth-order valence-corrected chi connectivity index (χ4v) is 1.99. The van der Waals surface area contributed by atoms with Crippen LogP contribution in [0.3, 0.4) is 0 Å². The fourth-order valence-electron chi connectivity index (χ4n) is 1.99. The molecule has 0 radical (unpaired) electrons. The van der Waals surface area contributed by atoms with E-state index >= 15 is 0 Å². The highest BCUT2D eigenvalue weighted by molar-refractivity contribution is 6.16. The number of nitrogens with one attached hydrogen (secondary N) is 1. The lowest BCUT2D eigenvalue weighted by Crippen LogP contribution is -2.09. The number of hydrogen-bond acceptors (Lipinski definition) is 4. The summed E-state index contributed by atoms with van der Waals surface area (Å²) in [6, 6.07) is 13.2. The Morgan fingerprint density at radius 1 is 1.22 bits per heavy atom. The van der Waals surface area contributed by atoms with Gasteiger partial charge in [0.1, 0.15) is 11.6 Å². The Bertz CT molecular complexity index is 713. The molecule has 0 aliphatic rings. The van der Waals surface area contributed by atoms with E-state index in [1.54, 1.807) is 56.5 Å². The molecule has 0 bridgehead atoms. The van der Waals surface area contributed by atoms with Crippen LogP contribution in [0, 0.1) is 5.82 Å². The minimum absolute atomic E-state index is 0.250. The van der Waals surface area contributed by atoms with Crippen molar-refractivity contribution in [2.24, 2.45) is 0 Å². The van der Waals surface area contributed by atoms with Crippen LogP contribution in [-0.4, -0.2) is 19.7 Å². The zero-order valence-electron chi connectivity index (χ0n) is 13.0. The third-order valence-corrected chi connectivity index (χ3v) is 3.12. The maximum absolute atomic E-state index is 13.7. The Morgan fingerprint density at radius 2 is 2.00 bits per heavy atom. The molecule has 0 atom stereocenters. The molecule has 120 valence electrons. The van der Waals surface area contributed by atoms with Crippen LogP contribution in [0.5, 0.6) is 5.75 Å². The Hall–Kier alpha value is -2.82. The van der Waals surface area contributed by atoms with Gasteiger partial charge in [-0.1, -0.05) is 24.3 Å². The number of methoxy groups -OCH3 is 1. The molecule has 23 heavy (non-hydrogen) atoms. The van der Waals surface area contributed by atoms with Crippen LogP contribution in [0.15, 0.2) is 54.7 Å². The number of hydrogen-bond donors (Lipinski definition) is 1. The van der Waals surface area contributed by atoms with Crippen molar-refractivity contribution in [1.82, 2.24) is 0 Å². The number of rotatable bonds is 6. The third-order valence-electron chi connectivity index (χ3n) is 3.12. The van der Waals surface area contributed by atoms with Gasteiger partial charge in [0.05, 0.1) is 25.0 Å². The number of halogens is 1. The molecule has 0 aromatic heterocycles. The van der Waals surface area contributed by atoms with Gasteiger partial charge in [0.25, 0.3) is 0 Å². The molecule has 2 rings (SSSR count). The second-order valence-corrected chi connectivity index (χ2v) is 4.63. The van der Waals surface area contributed by atoms with E-state index in [2.05, 4.69) is 5.32 Å². The molecule has 5 heteroatoms. The molecule has 0 heterocycles. The van der Waals surface area contributed by atoms with Gasteiger partial charge in [-0.25, -0.2) is 9.18 Å². The second-order valence-electron chi connectivity index (χ2n) is 4.63. The normalized spacial score (nSPS) is 11.0. The molecule has 0 saturated heterocycles. The predicted octanol–water partition coefficient (Wildman–Crippen LogP) is 3.85.